The van der Waals surface area contributed by atoms with E-state index in [4.69, 9.17) is 20.9 Å². The molecular weight excluding hydrogens is 441 g/mol. The third kappa shape index (κ3) is 6.99. The molecule has 0 aliphatic rings. The molecule has 1 aromatic carbocycles. The summed E-state index contributed by atoms with van der Waals surface area (Å²) in [5.41, 5.74) is 0.781. The van der Waals surface area contributed by atoms with Gasteiger partial charge in [-0.05, 0) is 30.9 Å². The molecule has 0 fully saturated rings. The molecule has 1 aromatic heterocycles. The quantitative estimate of drug-likeness (QED) is 0.234. The summed E-state index contributed by atoms with van der Waals surface area (Å²) in [7, 11) is -2.65. The average Bonchev–Trinajstić information content (AvgIpc) is 2.99. The molecule has 9 heteroatoms. The van der Waals surface area contributed by atoms with Crippen LogP contribution < -0.4 is 0 Å². The highest BCUT2D eigenvalue weighted by Gasteiger charge is 2.29. The standard InChI is InChI=1S/C22H31ClNO6P/c1-5-29-22(26)21-20(19(25)11-15(4)8-6-7-14(2)3)17-10-9-16(23)12-18(17)24(21)13-30-31(27)28/h9-10,12,14-15,27-28H,5-8,11,13H2,1-4H3. The summed E-state index contributed by atoms with van der Waals surface area (Å²) in [6.45, 7) is 7.86. The average molecular weight is 472 g/mol. The van der Waals surface area contributed by atoms with Gasteiger partial charge in [-0.25, -0.2) is 4.79 Å². The van der Waals surface area contributed by atoms with E-state index in [1.54, 1.807) is 25.1 Å². The van der Waals surface area contributed by atoms with E-state index in [1.807, 2.05) is 6.92 Å². The number of fused-ring (bicyclic) bond motifs is 1. The molecule has 0 bridgehead atoms. The van der Waals surface area contributed by atoms with Crippen molar-refractivity contribution in [3.8, 4) is 0 Å². The van der Waals surface area contributed by atoms with Crippen molar-refractivity contribution in [2.45, 2.75) is 60.1 Å². The topological polar surface area (TPSA) is 98.0 Å². The first-order valence-corrected chi connectivity index (χ1v) is 12.0. The lowest BCUT2D eigenvalue weighted by molar-refractivity contribution is 0.0501. The number of hydrogen-bond donors (Lipinski definition) is 2. The molecule has 0 aliphatic heterocycles. The summed E-state index contributed by atoms with van der Waals surface area (Å²) in [4.78, 5) is 44.6. The Hall–Kier alpha value is -1.50. The molecule has 0 saturated carbocycles. The molecule has 2 rings (SSSR count). The normalized spacial score (nSPS) is 12.7. The largest absolute Gasteiger partial charge is 0.461 e. The third-order valence-electron chi connectivity index (χ3n) is 5.09. The van der Waals surface area contributed by atoms with Gasteiger partial charge in [-0.2, -0.15) is 0 Å². The van der Waals surface area contributed by atoms with Crippen LogP contribution in [0.5, 0.6) is 0 Å². The fraction of sp³-hybridized carbons (Fsp3) is 0.545. The fourth-order valence-corrected chi connectivity index (χ4v) is 4.04. The number of esters is 1. The summed E-state index contributed by atoms with van der Waals surface area (Å²) < 4.78 is 11.6. The maximum atomic E-state index is 13.3. The second kappa shape index (κ2) is 11.9. The lowest BCUT2D eigenvalue weighted by atomic mass is 9.92. The molecule has 1 unspecified atom stereocenters. The molecular formula is C22H31ClNO6P. The number of benzene rings is 1. The van der Waals surface area contributed by atoms with Crippen LogP contribution in [0.2, 0.25) is 5.02 Å². The minimum atomic E-state index is -2.65. The number of carbonyl (C=O) groups is 2. The van der Waals surface area contributed by atoms with Gasteiger partial charge in [-0.15, -0.1) is 0 Å². The van der Waals surface area contributed by atoms with Crippen LogP contribution in [0.1, 0.15) is 74.2 Å². The molecule has 2 aromatic rings. The van der Waals surface area contributed by atoms with Gasteiger partial charge in [0.15, 0.2) is 5.78 Å². The van der Waals surface area contributed by atoms with Crippen LogP contribution >= 0.6 is 20.2 Å². The van der Waals surface area contributed by atoms with Crippen LogP contribution in [-0.2, 0) is 16.0 Å². The van der Waals surface area contributed by atoms with Crippen molar-refractivity contribution >= 4 is 42.9 Å². The van der Waals surface area contributed by atoms with Crippen LogP contribution in [0.4, 0.5) is 0 Å². The van der Waals surface area contributed by atoms with Crippen molar-refractivity contribution in [1.29, 1.82) is 0 Å². The van der Waals surface area contributed by atoms with E-state index in [2.05, 4.69) is 13.8 Å². The predicted molar refractivity (Wildman–Crippen MR) is 122 cm³/mol. The molecule has 2 N–H and O–H groups in total. The number of hydrogen-bond acceptors (Lipinski definition) is 6. The van der Waals surface area contributed by atoms with Gasteiger partial charge in [0.1, 0.15) is 12.4 Å². The number of rotatable bonds is 12. The van der Waals surface area contributed by atoms with Gasteiger partial charge >= 0.3 is 14.6 Å². The smallest absolute Gasteiger partial charge is 0.355 e. The minimum absolute atomic E-state index is 0.0374. The van der Waals surface area contributed by atoms with Gasteiger partial charge < -0.3 is 19.1 Å². The van der Waals surface area contributed by atoms with Gasteiger partial charge in [-0.3, -0.25) is 9.32 Å². The third-order valence-corrected chi connectivity index (χ3v) is 5.67. The monoisotopic (exact) mass is 471 g/mol. The second-order valence-electron chi connectivity index (χ2n) is 8.10. The minimum Gasteiger partial charge on any atom is -0.461 e. The van der Waals surface area contributed by atoms with Crippen LogP contribution in [0, 0.1) is 11.8 Å². The zero-order valence-corrected chi connectivity index (χ0v) is 20.1. The summed E-state index contributed by atoms with van der Waals surface area (Å²) in [5, 5.41) is 0.966. The molecule has 0 spiro atoms. The highest BCUT2D eigenvalue weighted by atomic mass is 35.5. The van der Waals surface area contributed by atoms with E-state index in [0.29, 0.717) is 28.3 Å². The molecule has 7 nitrogen and oxygen atoms in total. The van der Waals surface area contributed by atoms with E-state index >= 15 is 0 Å². The van der Waals surface area contributed by atoms with Crippen molar-refractivity contribution in [3.05, 3.63) is 34.5 Å². The van der Waals surface area contributed by atoms with Gasteiger partial charge in [0.05, 0.1) is 17.7 Å². The summed E-state index contributed by atoms with van der Waals surface area (Å²) in [5.74, 6) is -0.0635. The number of ketones is 1. The fourth-order valence-electron chi connectivity index (χ4n) is 3.66. The number of carbonyl (C=O) groups excluding carboxylic acids is 2. The molecule has 0 radical (unpaired) electrons. The Morgan fingerprint density at radius 3 is 2.52 bits per heavy atom. The molecule has 0 aliphatic carbocycles. The van der Waals surface area contributed by atoms with Gasteiger partial charge in [0, 0.05) is 16.8 Å². The van der Waals surface area contributed by atoms with Crippen LogP contribution in [0.3, 0.4) is 0 Å². The first-order chi connectivity index (χ1) is 14.6. The number of ether oxygens (including phenoxy) is 1. The number of nitrogens with zero attached hydrogens (tertiary/aromatic N) is 1. The van der Waals surface area contributed by atoms with Crippen molar-refractivity contribution in [2.75, 3.05) is 6.61 Å². The Morgan fingerprint density at radius 2 is 1.90 bits per heavy atom. The van der Waals surface area contributed by atoms with E-state index in [9.17, 15) is 19.4 Å². The number of aromatic nitrogens is 1. The van der Waals surface area contributed by atoms with E-state index in [1.165, 1.54) is 4.57 Å². The van der Waals surface area contributed by atoms with Crippen molar-refractivity contribution < 1.29 is 28.6 Å². The summed E-state index contributed by atoms with van der Waals surface area (Å²) in [6, 6.07) is 4.95. The van der Waals surface area contributed by atoms with Crippen molar-refractivity contribution in [1.82, 2.24) is 4.57 Å². The predicted octanol–water partition coefficient (Wildman–Crippen LogP) is 5.69. The Kier molecular flexibility index (Phi) is 9.91. The summed E-state index contributed by atoms with van der Waals surface area (Å²) >= 11 is 6.15. The van der Waals surface area contributed by atoms with E-state index < -0.39 is 14.6 Å². The molecule has 0 amide bonds. The van der Waals surface area contributed by atoms with Crippen molar-refractivity contribution in [2.24, 2.45) is 11.8 Å². The number of Topliss-reactive ketones (excluding diaryl/α,β-unsaturated/α-hetero) is 1. The highest BCUT2D eigenvalue weighted by molar-refractivity contribution is 7.39. The van der Waals surface area contributed by atoms with Crippen LogP contribution in [-0.4, -0.2) is 32.7 Å². The zero-order chi connectivity index (χ0) is 23.1. The SMILES string of the molecule is CCOC(=O)c1c(C(=O)CC(C)CCCC(C)C)c2ccc(Cl)cc2n1COP(O)O. The highest BCUT2D eigenvalue weighted by Crippen LogP contribution is 2.34. The Balaban J connectivity index is 2.48. The maximum Gasteiger partial charge on any atom is 0.355 e. The summed E-state index contributed by atoms with van der Waals surface area (Å²) in [6.07, 6.45) is 3.36. The van der Waals surface area contributed by atoms with E-state index in [0.717, 1.165) is 19.3 Å². The molecule has 1 atom stereocenters. The van der Waals surface area contributed by atoms with Crippen LogP contribution in [0.15, 0.2) is 18.2 Å². The lowest BCUT2D eigenvalue weighted by Crippen LogP contribution is -2.18. The molecule has 1 heterocycles. The first kappa shape index (κ1) is 25.8. The maximum absolute atomic E-state index is 13.3. The molecule has 0 saturated heterocycles. The van der Waals surface area contributed by atoms with Gasteiger partial charge in [-0.1, -0.05) is 57.7 Å². The van der Waals surface area contributed by atoms with Gasteiger partial charge in [0.2, 0.25) is 0 Å². The lowest BCUT2D eigenvalue weighted by Gasteiger charge is -2.13. The Labute approximate surface area is 189 Å². The zero-order valence-electron chi connectivity index (χ0n) is 18.4. The molecule has 31 heavy (non-hydrogen) atoms. The first-order valence-electron chi connectivity index (χ1n) is 10.5. The Bertz CT molecular complexity index is 911. The number of halogens is 1. The van der Waals surface area contributed by atoms with Crippen molar-refractivity contribution in [3.63, 3.8) is 0 Å². The van der Waals surface area contributed by atoms with Gasteiger partial charge in [0.25, 0.3) is 0 Å². The molecule has 172 valence electrons. The second-order valence-corrected chi connectivity index (χ2v) is 9.30. The van der Waals surface area contributed by atoms with E-state index in [-0.39, 0.29) is 36.3 Å². The Morgan fingerprint density at radius 1 is 1.19 bits per heavy atom. The van der Waals surface area contributed by atoms with Crippen LogP contribution in [0.25, 0.3) is 10.9 Å².